The predicted molar refractivity (Wildman–Crippen MR) is 106 cm³/mol. The number of rotatable bonds is 4. The Balaban J connectivity index is 2.01. The summed E-state index contributed by atoms with van der Waals surface area (Å²) in [6.45, 7) is 0. The van der Waals surface area contributed by atoms with Crippen LogP contribution in [-0.2, 0) is 6.18 Å². The molecule has 0 aliphatic heterocycles. The number of benzene rings is 2. The van der Waals surface area contributed by atoms with Crippen LogP contribution in [0, 0.1) is 5.82 Å². The highest BCUT2D eigenvalue weighted by atomic mass is 35.5. The number of hydrogen-bond donors (Lipinski definition) is 2. The van der Waals surface area contributed by atoms with Gasteiger partial charge in [-0.05, 0) is 55.5 Å². The lowest BCUT2D eigenvalue weighted by molar-refractivity contribution is -0.137. The van der Waals surface area contributed by atoms with E-state index in [1.807, 2.05) is 0 Å². The Morgan fingerprint density at radius 1 is 1.16 bits per heavy atom. The van der Waals surface area contributed by atoms with E-state index in [1.165, 1.54) is 12.1 Å². The topological polar surface area (TPSA) is 49.3 Å². The van der Waals surface area contributed by atoms with Gasteiger partial charge in [0.1, 0.15) is 12.0 Å². The molecule has 0 heterocycles. The molecule has 0 bridgehead atoms. The molecule has 1 saturated carbocycles. The van der Waals surface area contributed by atoms with E-state index in [2.05, 4.69) is 5.32 Å². The van der Waals surface area contributed by atoms with Crippen LogP contribution in [0.25, 0.3) is 0 Å². The van der Waals surface area contributed by atoms with E-state index in [0.717, 1.165) is 18.2 Å². The van der Waals surface area contributed by atoms with Crippen LogP contribution in [0.4, 0.5) is 22.0 Å². The predicted octanol–water partition coefficient (Wildman–Crippen LogP) is 6.27. The molecule has 2 N–H and O–H groups in total. The Morgan fingerprint density at radius 2 is 1.81 bits per heavy atom. The summed E-state index contributed by atoms with van der Waals surface area (Å²) >= 11 is 12.0. The number of hydrogen-bond acceptors (Lipinski definition) is 2. The van der Waals surface area contributed by atoms with Crippen LogP contribution in [0.5, 0.6) is 0 Å². The Morgan fingerprint density at radius 3 is 2.42 bits per heavy atom. The van der Waals surface area contributed by atoms with Gasteiger partial charge in [0.15, 0.2) is 0 Å². The lowest BCUT2D eigenvalue weighted by Gasteiger charge is -2.41. The third kappa shape index (κ3) is 5.13. The molecule has 168 valence electrons. The molecule has 10 heteroatoms. The first-order valence-electron chi connectivity index (χ1n) is 9.40. The number of carbonyl (C=O) groups excluding carboxylic acids is 1. The number of amides is 1. The van der Waals surface area contributed by atoms with E-state index in [1.54, 1.807) is 0 Å². The van der Waals surface area contributed by atoms with Gasteiger partial charge in [0.05, 0.1) is 32.8 Å². The summed E-state index contributed by atoms with van der Waals surface area (Å²) in [5.74, 6) is -1.82. The van der Waals surface area contributed by atoms with Crippen molar-refractivity contribution in [2.75, 3.05) is 0 Å². The van der Waals surface area contributed by atoms with Crippen molar-refractivity contribution in [2.45, 2.75) is 49.7 Å². The minimum absolute atomic E-state index is 0.000119. The first kappa shape index (κ1) is 23.8. The van der Waals surface area contributed by atoms with E-state index in [-0.39, 0.29) is 41.3 Å². The summed E-state index contributed by atoms with van der Waals surface area (Å²) in [7, 11) is 0. The van der Waals surface area contributed by atoms with Crippen molar-refractivity contribution in [2.24, 2.45) is 0 Å². The highest BCUT2D eigenvalue weighted by Gasteiger charge is 2.43. The van der Waals surface area contributed by atoms with Crippen molar-refractivity contribution in [1.82, 2.24) is 5.32 Å². The SMILES string of the molecule is O=C(NC(c1cccc(F)c1Cl)[C@]1(O)CC[C@H](F)CC1)c1cc(C(F)(F)F)ccc1Cl. The van der Waals surface area contributed by atoms with Gasteiger partial charge < -0.3 is 10.4 Å². The molecule has 0 spiro atoms. The molecule has 1 amide bonds. The molecule has 1 aliphatic rings. The number of nitrogens with one attached hydrogen (secondary N) is 1. The summed E-state index contributed by atoms with van der Waals surface area (Å²) < 4.78 is 66.9. The number of halogens is 7. The van der Waals surface area contributed by atoms with Crippen LogP contribution in [0.3, 0.4) is 0 Å². The summed E-state index contributed by atoms with van der Waals surface area (Å²) in [5.41, 5.74) is -3.22. The average Bonchev–Trinajstić information content (AvgIpc) is 2.70. The largest absolute Gasteiger partial charge is 0.416 e. The molecule has 1 unspecified atom stereocenters. The molecule has 1 atom stereocenters. The van der Waals surface area contributed by atoms with Crippen LogP contribution in [-0.4, -0.2) is 22.8 Å². The Hall–Kier alpha value is -1.90. The zero-order valence-electron chi connectivity index (χ0n) is 15.9. The number of aliphatic hydroxyl groups is 1. The van der Waals surface area contributed by atoms with Crippen molar-refractivity contribution in [3.05, 3.63) is 69.0 Å². The molecule has 2 aromatic carbocycles. The molecule has 2 aromatic rings. The molecule has 1 aliphatic carbocycles. The van der Waals surface area contributed by atoms with Crippen molar-refractivity contribution in [3.8, 4) is 0 Å². The van der Waals surface area contributed by atoms with E-state index >= 15 is 0 Å². The van der Waals surface area contributed by atoms with Crippen molar-refractivity contribution in [3.63, 3.8) is 0 Å². The minimum Gasteiger partial charge on any atom is -0.387 e. The average molecular weight is 482 g/mol. The molecule has 1 fully saturated rings. The Bertz CT molecular complexity index is 975. The van der Waals surface area contributed by atoms with E-state index in [4.69, 9.17) is 23.2 Å². The lowest BCUT2D eigenvalue weighted by atomic mass is 9.76. The van der Waals surface area contributed by atoms with Gasteiger partial charge in [-0.3, -0.25) is 4.79 Å². The highest BCUT2D eigenvalue weighted by Crippen LogP contribution is 2.42. The second-order valence-corrected chi connectivity index (χ2v) is 8.31. The quantitative estimate of drug-likeness (QED) is 0.505. The minimum atomic E-state index is -4.71. The normalized spacial score (nSPS) is 22.8. The summed E-state index contributed by atoms with van der Waals surface area (Å²) in [6, 6.07) is 4.73. The fourth-order valence-electron chi connectivity index (χ4n) is 3.70. The molecular weight excluding hydrogens is 464 g/mol. The monoisotopic (exact) mass is 481 g/mol. The van der Waals surface area contributed by atoms with E-state index < -0.39 is 46.8 Å². The second kappa shape index (κ2) is 8.92. The van der Waals surface area contributed by atoms with Gasteiger partial charge >= 0.3 is 6.18 Å². The van der Waals surface area contributed by atoms with Crippen LogP contribution in [0.15, 0.2) is 36.4 Å². The highest BCUT2D eigenvalue weighted by molar-refractivity contribution is 6.34. The first-order valence-corrected chi connectivity index (χ1v) is 10.2. The van der Waals surface area contributed by atoms with Crippen molar-refractivity contribution < 1.29 is 31.9 Å². The summed E-state index contributed by atoms with van der Waals surface area (Å²) in [4.78, 5) is 12.9. The second-order valence-electron chi connectivity index (χ2n) is 7.52. The Kier molecular flexibility index (Phi) is 6.84. The van der Waals surface area contributed by atoms with Crippen LogP contribution in [0.2, 0.25) is 10.0 Å². The third-order valence-electron chi connectivity index (χ3n) is 5.42. The van der Waals surface area contributed by atoms with Gasteiger partial charge in [-0.2, -0.15) is 13.2 Å². The molecule has 0 aromatic heterocycles. The molecule has 31 heavy (non-hydrogen) atoms. The number of alkyl halides is 4. The molecule has 3 nitrogen and oxygen atoms in total. The maximum absolute atomic E-state index is 14.1. The first-order chi connectivity index (χ1) is 14.4. The van der Waals surface area contributed by atoms with Crippen molar-refractivity contribution in [1.29, 1.82) is 0 Å². The van der Waals surface area contributed by atoms with Gasteiger partial charge in [-0.1, -0.05) is 35.3 Å². The molecule has 0 radical (unpaired) electrons. The van der Waals surface area contributed by atoms with Gasteiger partial charge in [0.25, 0.3) is 5.91 Å². The lowest BCUT2D eigenvalue weighted by Crippen LogP contribution is -2.48. The third-order valence-corrected chi connectivity index (χ3v) is 6.15. The standard InChI is InChI=1S/C21H18Cl2F5NO2/c22-15-5-4-11(21(26,27)28)10-14(15)19(30)29-18(13-2-1-3-16(25)17(13)23)20(31)8-6-12(24)7-9-20/h1-5,10,12,18,31H,6-9H2,(H,29,30)/t12-,18?,20-. The maximum atomic E-state index is 14.1. The fraction of sp³-hybridized carbons (Fsp3) is 0.381. The molecular formula is C21H18Cl2F5NO2. The maximum Gasteiger partial charge on any atom is 0.416 e. The van der Waals surface area contributed by atoms with Crippen molar-refractivity contribution >= 4 is 29.1 Å². The molecule has 3 rings (SSSR count). The summed E-state index contributed by atoms with van der Waals surface area (Å²) in [5, 5.41) is 13.0. The zero-order chi connectivity index (χ0) is 23.0. The van der Waals surface area contributed by atoms with Crippen LogP contribution in [0.1, 0.15) is 53.2 Å². The summed E-state index contributed by atoms with van der Waals surface area (Å²) in [6.07, 6.45) is -5.98. The van der Waals surface area contributed by atoms with Gasteiger partial charge in [0.2, 0.25) is 0 Å². The van der Waals surface area contributed by atoms with Crippen LogP contribution < -0.4 is 5.32 Å². The van der Waals surface area contributed by atoms with E-state index in [9.17, 15) is 31.9 Å². The van der Waals surface area contributed by atoms with E-state index in [0.29, 0.717) is 6.07 Å². The molecule has 0 saturated heterocycles. The fourth-order valence-corrected chi connectivity index (χ4v) is 4.14. The van der Waals surface area contributed by atoms with Gasteiger partial charge in [0, 0.05) is 0 Å². The van der Waals surface area contributed by atoms with Gasteiger partial charge in [-0.25, -0.2) is 8.78 Å². The number of carbonyl (C=O) groups is 1. The van der Waals surface area contributed by atoms with Crippen LogP contribution >= 0.6 is 23.2 Å². The zero-order valence-corrected chi connectivity index (χ0v) is 17.5. The smallest absolute Gasteiger partial charge is 0.387 e. The van der Waals surface area contributed by atoms with Gasteiger partial charge in [-0.15, -0.1) is 0 Å². The Labute approximate surface area is 185 Å².